The first-order valence-corrected chi connectivity index (χ1v) is 8.39. The van der Waals surface area contributed by atoms with Crippen LogP contribution in [0.3, 0.4) is 0 Å². The van der Waals surface area contributed by atoms with Crippen LogP contribution in [-0.2, 0) is 13.0 Å². The van der Waals surface area contributed by atoms with E-state index in [0.29, 0.717) is 13.1 Å². The van der Waals surface area contributed by atoms with E-state index < -0.39 is 0 Å². The standard InChI is InChI=1S/C17H18N2O2S/c1-22-16-4-2-3-14(10-16)18-17(21)19-8-7-12-5-6-15(20)9-13(12)11-19/h2-6,9-10,20H,7-8,11H2,1H3,(H,18,21). The van der Waals surface area contributed by atoms with Crippen molar-refractivity contribution in [3.05, 3.63) is 53.6 Å². The lowest BCUT2D eigenvalue weighted by atomic mass is 10.00. The summed E-state index contributed by atoms with van der Waals surface area (Å²) in [5.41, 5.74) is 3.02. The first-order chi connectivity index (χ1) is 10.7. The Kier molecular flexibility index (Phi) is 4.24. The number of hydrogen-bond acceptors (Lipinski definition) is 3. The van der Waals surface area contributed by atoms with Crippen molar-refractivity contribution in [2.45, 2.75) is 17.9 Å². The number of nitrogens with zero attached hydrogens (tertiary/aromatic N) is 1. The molecule has 0 aromatic heterocycles. The fourth-order valence-corrected chi connectivity index (χ4v) is 3.08. The molecular formula is C17H18N2O2S. The van der Waals surface area contributed by atoms with E-state index in [1.807, 2.05) is 36.6 Å². The zero-order valence-electron chi connectivity index (χ0n) is 12.4. The number of carbonyl (C=O) groups excluding carboxylic acids is 1. The molecule has 1 aliphatic heterocycles. The second-order valence-corrected chi connectivity index (χ2v) is 6.17. The largest absolute Gasteiger partial charge is 0.508 e. The highest BCUT2D eigenvalue weighted by Crippen LogP contribution is 2.24. The summed E-state index contributed by atoms with van der Waals surface area (Å²) < 4.78 is 0. The van der Waals surface area contributed by atoms with Gasteiger partial charge in [-0.2, -0.15) is 0 Å². The van der Waals surface area contributed by atoms with Crippen LogP contribution in [0.4, 0.5) is 10.5 Å². The third-order valence-electron chi connectivity index (χ3n) is 3.81. The first kappa shape index (κ1) is 14.8. The zero-order chi connectivity index (χ0) is 15.5. The van der Waals surface area contributed by atoms with Gasteiger partial charge in [0.05, 0.1) is 0 Å². The van der Waals surface area contributed by atoms with Crippen LogP contribution in [0, 0.1) is 0 Å². The summed E-state index contributed by atoms with van der Waals surface area (Å²) in [7, 11) is 0. The molecule has 0 saturated heterocycles. The van der Waals surface area contributed by atoms with Gasteiger partial charge >= 0.3 is 6.03 Å². The Labute approximate surface area is 134 Å². The molecule has 2 aromatic rings. The van der Waals surface area contributed by atoms with Gasteiger partial charge in [-0.15, -0.1) is 11.8 Å². The molecular weight excluding hydrogens is 296 g/mol. The van der Waals surface area contributed by atoms with Crippen molar-refractivity contribution in [1.82, 2.24) is 4.90 Å². The van der Waals surface area contributed by atoms with E-state index in [1.54, 1.807) is 28.8 Å². The molecule has 3 rings (SSSR count). The van der Waals surface area contributed by atoms with Gasteiger partial charge in [0.1, 0.15) is 5.75 Å². The number of carbonyl (C=O) groups is 1. The lowest BCUT2D eigenvalue weighted by Crippen LogP contribution is -2.38. The van der Waals surface area contributed by atoms with Crippen LogP contribution in [0.25, 0.3) is 0 Å². The van der Waals surface area contributed by atoms with Crippen LogP contribution in [0.5, 0.6) is 5.75 Å². The molecule has 114 valence electrons. The van der Waals surface area contributed by atoms with Crippen LogP contribution < -0.4 is 5.32 Å². The number of nitrogens with one attached hydrogen (secondary N) is 1. The molecule has 0 spiro atoms. The molecule has 0 saturated carbocycles. The SMILES string of the molecule is CSc1cccc(NC(=O)N2CCc3ccc(O)cc3C2)c1. The quantitative estimate of drug-likeness (QED) is 0.831. The van der Waals surface area contributed by atoms with Crippen LogP contribution in [0.1, 0.15) is 11.1 Å². The summed E-state index contributed by atoms with van der Waals surface area (Å²) in [4.78, 5) is 15.3. The Balaban J connectivity index is 1.71. The maximum absolute atomic E-state index is 12.4. The molecule has 0 radical (unpaired) electrons. The highest BCUT2D eigenvalue weighted by molar-refractivity contribution is 7.98. The van der Waals surface area contributed by atoms with Gasteiger partial charge in [-0.3, -0.25) is 0 Å². The van der Waals surface area contributed by atoms with Crippen LogP contribution in [-0.4, -0.2) is 28.8 Å². The lowest BCUT2D eigenvalue weighted by molar-refractivity contribution is 0.206. The highest BCUT2D eigenvalue weighted by atomic mass is 32.2. The van der Waals surface area contributed by atoms with Gasteiger partial charge in [-0.25, -0.2) is 4.79 Å². The molecule has 5 heteroatoms. The van der Waals surface area contributed by atoms with Gasteiger partial charge in [0, 0.05) is 23.7 Å². The Morgan fingerprint density at radius 1 is 1.23 bits per heavy atom. The predicted octanol–water partition coefficient (Wildman–Crippen LogP) is 3.70. The second-order valence-electron chi connectivity index (χ2n) is 5.29. The number of aromatic hydroxyl groups is 1. The molecule has 0 fully saturated rings. The smallest absolute Gasteiger partial charge is 0.322 e. The fourth-order valence-electron chi connectivity index (χ4n) is 2.62. The van der Waals surface area contributed by atoms with E-state index in [-0.39, 0.29) is 11.8 Å². The van der Waals surface area contributed by atoms with Crippen LogP contribution in [0.2, 0.25) is 0 Å². The molecule has 0 unspecified atom stereocenters. The minimum Gasteiger partial charge on any atom is -0.508 e. The minimum absolute atomic E-state index is 0.104. The third-order valence-corrected chi connectivity index (χ3v) is 4.54. The molecule has 2 amide bonds. The number of amides is 2. The summed E-state index contributed by atoms with van der Waals surface area (Å²) >= 11 is 1.65. The van der Waals surface area contributed by atoms with Crippen molar-refractivity contribution in [2.24, 2.45) is 0 Å². The number of thioether (sulfide) groups is 1. The van der Waals surface area contributed by atoms with Crippen molar-refractivity contribution in [2.75, 3.05) is 18.1 Å². The van der Waals surface area contributed by atoms with E-state index in [0.717, 1.165) is 22.6 Å². The van der Waals surface area contributed by atoms with Gasteiger partial charge < -0.3 is 15.3 Å². The number of urea groups is 1. The van der Waals surface area contributed by atoms with E-state index in [9.17, 15) is 9.90 Å². The zero-order valence-corrected chi connectivity index (χ0v) is 13.2. The Bertz CT molecular complexity index is 703. The minimum atomic E-state index is -0.104. The van der Waals surface area contributed by atoms with Crippen molar-refractivity contribution in [3.8, 4) is 5.75 Å². The van der Waals surface area contributed by atoms with Gasteiger partial charge in [0.15, 0.2) is 0 Å². The molecule has 0 atom stereocenters. The monoisotopic (exact) mass is 314 g/mol. The van der Waals surface area contributed by atoms with Gasteiger partial charge in [-0.05, 0) is 54.1 Å². The topological polar surface area (TPSA) is 52.6 Å². The lowest BCUT2D eigenvalue weighted by Gasteiger charge is -2.29. The van der Waals surface area contributed by atoms with E-state index in [1.165, 1.54) is 5.56 Å². The van der Waals surface area contributed by atoms with Crippen molar-refractivity contribution < 1.29 is 9.90 Å². The average molecular weight is 314 g/mol. The summed E-state index contributed by atoms with van der Waals surface area (Å²) in [5, 5.41) is 12.5. The van der Waals surface area contributed by atoms with E-state index in [4.69, 9.17) is 0 Å². The maximum Gasteiger partial charge on any atom is 0.322 e. The summed E-state index contributed by atoms with van der Waals surface area (Å²) in [6.45, 7) is 1.21. The molecule has 2 N–H and O–H groups in total. The van der Waals surface area contributed by atoms with Gasteiger partial charge in [0.2, 0.25) is 0 Å². The first-order valence-electron chi connectivity index (χ1n) is 7.16. The molecule has 0 aliphatic carbocycles. The number of phenolic OH excluding ortho intramolecular Hbond substituents is 1. The molecule has 4 nitrogen and oxygen atoms in total. The molecule has 1 heterocycles. The molecule has 0 bridgehead atoms. The number of fused-ring (bicyclic) bond motifs is 1. The van der Waals surface area contributed by atoms with E-state index >= 15 is 0 Å². The number of hydrogen-bond donors (Lipinski definition) is 2. The van der Waals surface area contributed by atoms with Crippen LogP contribution >= 0.6 is 11.8 Å². The summed E-state index contributed by atoms with van der Waals surface area (Å²) in [5.74, 6) is 0.244. The second kappa shape index (κ2) is 6.32. The van der Waals surface area contributed by atoms with Gasteiger partial charge in [0.25, 0.3) is 0 Å². The highest BCUT2D eigenvalue weighted by Gasteiger charge is 2.21. The normalized spacial score (nSPS) is 13.6. The van der Waals surface area contributed by atoms with Crippen molar-refractivity contribution >= 4 is 23.5 Å². The molecule has 22 heavy (non-hydrogen) atoms. The third kappa shape index (κ3) is 3.20. The molecule has 1 aliphatic rings. The fraction of sp³-hybridized carbons (Fsp3) is 0.235. The van der Waals surface area contributed by atoms with Gasteiger partial charge in [-0.1, -0.05) is 12.1 Å². The number of anilines is 1. The molecule has 2 aromatic carbocycles. The number of rotatable bonds is 2. The van der Waals surface area contributed by atoms with Crippen LogP contribution in [0.15, 0.2) is 47.4 Å². The average Bonchev–Trinajstić information content (AvgIpc) is 2.54. The maximum atomic E-state index is 12.4. The Hall–Kier alpha value is -2.14. The predicted molar refractivity (Wildman–Crippen MR) is 89.5 cm³/mol. The Morgan fingerprint density at radius 3 is 2.91 bits per heavy atom. The Morgan fingerprint density at radius 2 is 2.09 bits per heavy atom. The van der Waals surface area contributed by atoms with Crippen molar-refractivity contribution in [1.29, 1.82) is 0 Å². The van der Waals surface area contributed by atoms with Crippen molar-refractivity contribution in [3.63, 3.8) is 0 Å². The summed E-state index contributed by atoms with van der Waals surface area (Å²) in [6, 6.07) is 13.1. The number of phenols is 1. The van der Waals surface area contributed by atoms with E-state index in [2.05, 4.69) is 5.32 Å². The number of benzene rings is 2. The summed E-state index contributed by atoms with van der Waals surface area (Å²) in [6.07, 6.45) is 2.82.